The van der Waals surface area contributed by atoms with Crippen molar-refractivity contribution in [3.63, 3.8) is 0 Å². The summed E-state index contributed by atoms with van der Waals surface area (Å²) in [6.45, 7) is 0. The van der Waals surface area contributed by atoms with Gasteiger partial charge in [0.25, 0.3) is 3.42 Å². The van der Waals surface area contributed by atoms with Crippen molar-refractivity contribution in [2.45, 2.75) is 15.8 Å². The summed E-state index contributed by atoms with van der Waals surface area (Å²) in [6, 6.07) is 0. The Bertz CT molecular complexity index is 209. The van der Waals surface area contributed by atoms with E-state index in [-0.39, 0.29) is 52.1 Å². The molecule has 2 nitrogen and oxygen atoms in total. The van der Waals surface area contributed by atoms with Crippen LogP contribution in [0.5, 0.6) is 0 Å². The van der Waals surface area contributed by atoms with Crippen molar-refractivity contribution >= 4 is 28.6 Å². The topological polar surface area (TPSA) is 40.1 Å². The van der Waals surface area contributed by atoms with Crippen LogP contribution in [0.25, 0.3) is 0 Å². The van der Waals surface area contributed by atoms with Crippen LogP contribution in [0.2, 0.25) is 0 Å². The van der Waals surface area contributed by atoms with E-state index in [1.54, 1.807) is 0 Å². The third-order valence-corrected chi connectivity index (χ3v) is 2.73. The first-order valence-corrected chi connectivity index (χ1v) is 3.56. The van der Waals surface area contributed by atoms with Crippen LogP contribution in [-0.2, 0) is 4.79 Å². The number of rotatable bonds is 1. The summed E-state index contributed by atoms with van der Waals surface area (Å²) in [7, 11) is 0. The van der Waals surface area contributed by atoms with Gasteiger partial charge in [-0.25, -0.2) is 0 Å². The van der Waals surface area contributed by atoms with Crippen LogP contribution in [0.4, 0.5) is 26.3 Å². The number of carbonyl (C=O) groups is 1. The van der Waals surface area contributed by atoms with Gasteiger partial charge in [0.05, 0.1) is 5.97 Å². The molecule has 10 heteroatoms. The second-order valence-electron chi connectivity index (χ2n) is 1.94. The molecule has 0 aliphatic carbocycles. The van der Waals surface area contributed by atoms with Gasteiger partial charge in [-0.15, -0.1) is 0 Å². The van der Waals surface area contributed by atoms with E-state index < -0.39 is 21.7 Å². The van der Waals surface area contributed by atoms with Gasteiger partial charge in [-0.3, -0.25) is 0 Å². The number of carboxylic acid groups (broad SMARTS) is 1. The molecule has 0 saturated carbocycles. The molecule has 0 fully saturated rings. The number of halogens is 7. The Labute approximate surface area is 109 Å². The van der Waals surface area contributed by atoms with Crippen molar-refractivity contribution < 1.29 is 65.8 Å². The van der Waals surface area contributed by atoms with Crippen molar-refractivity contribution in [1.82, 2.24) is 0 Å². The third-order valence-electron chi connectivity index (χ3n) is 1.06. The Kier molecular flexibility index (Phi) is 5.82. The van der Waals surface area contributed by atoms with E-state index in [1.165, 1.54) is 0 Å². The van der Waals surface area contributed by atoms with E-state index in [0.29, 0.717) is 0 Å². The summed E-state index contributed by atoms with van der Waals surface area (Å²) in [6.07, 6.45) is -11.9. The molecular formula is C4F6INaO2. The molecular weight excluding hydrogens is 344 g/mol. The summed E-state index contributed by atoms with van der Waals surface area (Å²) < 4.78 is 65.4. The molecule has 0 aromatic heterocycles. The first kappa shape index (κ1) is 17.2. The van der Waals surface area contributed by atoms with Gasteiger partial charge in [0.2, 0.25) is 0 Å². The summed E-state index contributed by atoms with van der Waals surface area (Å²) in [4.78, 5) is 9.76. The molecule has 0 aliphatic rings. The quantitative estimate of drug-likeness (QED) is 0.240. The molecule has 0 radical (unpaired) electrons. The molecule has 0 saturated heterocycles. The van der Waals surface area contributed by atoms with Crippen LogP contribution in [0.3, 0.4) is 0 Å². The Morgan fingerprint density at radius 1 is 1.00 bits per heavy atom. The van der Waals surface area contributed by atoms with Gasteiger partial charge < -0.3 is 9.90 Å². The van der Waals surface area contributed by atoms with E-state index in [4.69, 9.17) is 0 Å². The molecule has 0 bridgehead atoms. The first-order valence-electron chi connectivity index (χ1n) is 2.48. The minimum absolute atomic E-state index is 0. The van der Waals surface area contributed by atoms with Crippen molar-refractivity contribution in [1.29, 1.82) is 0 Å². The number of aliphatic carboxylic acids is 1. The maximum atomic E-state index is 11.7. The predicted octanol–water partition coefficient (Wildman–Crippen LogP) is -1.96. The normalized spacial score (nSPS) is 13.4. The van der Waals surface area contributed by atoms with Gasteiger partial charge in [0.1, 0.15) is 0 Å². The summed E-state index contributed by atoms with van der Waals surface area (Å²) >= 11 is -0.234. The minimum Gasteiger partial charge on any atom is -0.548 e. The monoisotopic (exact) mass is 344 g/mol. The summed E-state index contributed by atoms with van der Waals surface area (Å²) in [5.41, 5.74) is 0. The molecule has 0 unspecified atom stereocenters. The Hall–Kier alpha value is 0.780. The van der Waals surface area contributed by atoms with Crippen molar-refractivity contribution in [2.75, 3.05) is 0 Å². The maximum Gasteiger partial charge on any atom is 1.00 e. The molecule has 0 N–H and O–H groups in total. The van der Waals surface area contributed by atoms with Crippen LogP contribution >= 0.6 is 22.6 Å². The number of hydrogen-bond acceptors (Lipinski definition) is 2. The summed E-state index contributed by atoms with van der Waals surface area (Å²) in [5.74, 6) is -3.23. The van der Waals surface area contributed by atoms with Crippen molar-refractivity contribution in [3.05, 3.63) is 0 Å². The maximum absolute atomic E-state index is 11.7. The van der Waals surface area contributed by atoms with Crippen LogP contribution < -0.4 is 34.7 Å². The van der Waals surface area contributed by atoms with Gasteiger partial charge in [-0.1, -0.05) is 22.6 Å². The van der Waals surface area contributed by atoms with Crippen molar-refractivity contribution in [2.24, 2.45) is 0 Å². The van der Waals surface area contributed by atoms with Gasteiger partial charge in [0.15, 0.2) is 0 Å². The molecule has 0 aromatic carbocycles. The fraction of sp³-hybridized carbons (Fsp3) is 0.750. The Morgan fingerprint density at radius 2 is 1.21 bits per heavy atom. The van der Waals surface area contributed by atoms with Crippen LogP contribution in [0.15, 0.2) is 0 Å². The average molecular weight is 344 g/mol. The standard InChI is InChI=1S/C4HF6IO2.Na/c5-3(6,7)2(11,1(12)13)4(8,9)10;/h(H,12,13);/q;+1/p-1. The predicted molar refractivity (Wildman–Crippen MR) is 33.9 cm³/mol. The zero-order valence-corrected chi connectivity index (χ0v) is 10.6. The number of alkyl halides is 7. The molecule has 0 amide bonds. The van der Waals surface area contributed by atoms with E-state index in [0.717, 1.165) is 0 Å². The molecule has 78 valence electrons. The average Bonchev–Trinajstić information content (AvgIpc) is 1.80. The Morgan fingerprint density at radius 3 is 1.21 bits per heavy atom. The second kappa shape index (κ2) is 4.74. The second-order valence-corrected chi connectivity index (χ2v) is 3.56. The van der Waals surface area contributed by atoms with Crippen molar-refractivity contribution in [3.8, 4) is 0 Å². The first-order chi connectivity index (χ1) is 5.44. The largest absolute Gasteiger partial charge is 1.00 e. The Balaban J connectivity index is 0. The fourth-order valence-corrected chi connectivity index (χ4v) is 0.392. The molecule has 0 spiro atoms. The van der Waals surface area contributed by atoms with Crippen LogP contribution in [-0.4, -0.2) is 21.7 Å². The third kappa shape index (κ3) is 2.89. The molecule has 0 rings (SSSR count). The zero-order valence-electron chi connectivity index (χ0n) is 6.46. The van der Waals surface area contributed by atoms with Crippen LogP contribution in [0.1, 0.15) is 0 Å². The molecule has 0 aliphatic heterocycles. The summed E-state index contributed by atoms with van der Waals surface area (Å²) in [5, 5.41) is 9.76. The minimum atomic E-state index is -5.94. The van der Waals surface area contributed by atoms with Gasteiger partial charge in [0, 0.05) is 0 Å². The SMILES string of the molecule is O=C([O-])C(I)(C(F)(F)F)C(F)(F)F.[Na+]. The molecule has 0 heterocycles. The van der Waals surface area contributed by atoms with E-state index in [9.17, 15) is 36.2 Å². The van der Waals surface area contributed by atoms with Crippen LogP contribution in [0, 0.1) is 0 Å². The molecule has 0 aromatic rings. The van der Waals surface area contributed by atoms with E-state index >= 15 is 0 Å². The number of carbonyl (C=O) groups excluding carboxylic acids is 1. The van der Waals surface area contributed by atoms with Gasteiger partial charge >= 0.3 is 41.9 Å². The van der Waals surface area contributed by atoms with E-state index in [2.05, 4.69) is 0 Å². The number of carboxylic acids is 1. The van der Waals surface area contributed by atoms with E-state index in [1.807, 2.05) is 0 Å². The van der Waals surface area contributed by atoms with Gasteiger partial charge in [-0.2, -0.15) is 26.3 Å². The zero-order chi connectivity index (χ0) is 11.1. The molecule has 0 atom stereocenters. The fourth-order valence-electron chi connectivity index (χ4n) is 0.392. The van der Waals surface area contributed by atoms with Gasteiger partial charge in [-0.05, 0) is 0 Å². The smallest absolute Gasteiger partial charge is 0.548 e. The molecule has 14 heavy (non-hydrogen) atoms. The number of hydrogen-bond donors (Lipinski definition) is 0.